The number of thioether (sulfide) groups is 1. The standard InChI is InChI=1S/C22H23Cl2N5O4S/c1-3-29-20(18(11-30)26-21(32)13-4-7-15(33-2)8-5-13)27-28-22(29)34-12-19(31)25-17-10-14(23)6-9-16(17)24/h4-10,18,30H,3,11-12H2,1-2H3,(H,25,31)(H,26,32)/t18-/m0/s1. The lowest BCUT2D eigenvalue weighted by Gasteiger charge is -2.17. The summed E-state index contributed by atoms with van der Waals surface area (Å²) < 4.78 is 6.84. The van der Waals surface area contributed by atoms with Gasteiger partial charge in [0.2, 0.25) is 5.91 Å². The van der Waals surface area contributed by atoms with Gasteiger partial charge < -0.3 is 25.0 Å². The summed E-state index contributed by atoms with van der Waals surface area (Å²) in [4.78, 5) is 25.0. The topological polar surface area (TPSA) is 118 Å². The quantitative estimate of drug-likeness (QED) is 0.345. The number of carbonyl (C=O) groups is 2. The summed E-state index contributed by atoms with van der Waals surface area (Å²) in [5.41, 5.74) is 0.826. The molecule has 12 heteroatoms. The highest BCUT2D eigenvalue weighted by Gasteiger charge is 2.23. The first-order valence-corrected chi connectivity index (χ1v) is 12.0. The van der Waals surface area contributed by atoms with Crippen molar-refractivity contribution in [3.63, 3.8) is 0 Å². The van der Waals surface area contributed by atoms with Gasteiger partial charge in [0.25, 0.3) is 5.91 Å². The van der Waals surface area contributed by atoms with Gasteiger partial charge >= 0.3 is 0 Å². The van der Waals surface area contributed by atoms with Crippen molar-refractivity contribution in [2.24, 2.45) is 0 Å². The molecule has 3 N–H and O–H groups in total. The van der Waals surface area contributed by atoms with Crippen LogP contribution in [-0.4, -0.2) is 51.2 Å². The van der Waals surface area contributed by atoms with Crippen LogP contribution in [0.1, 0.15) is 29.1 Å². The van der Waals surface area contributed by atoms with E-state index < -0.39 is 6.04 Å². The maximum atomic E-state index is 12.6. The van der Waals surface area contributed by atoms with E-state index in [0.717, 1.165) is 0 Å². The van der Waals surface area contributed by atoms with Crippen molar-refractivity contribution < 1.29 is 19.4 Å². The lowest BCUT2D eigenvalue weighted by molar-refractivity contribution is -0.113. The number of anilines is 1. The lowest BCUT2D eigenvalue weighted by atomic mass is 10.2. The summed E-state index contributed by atoms with van der Waals surface area (Å²) in [6.45, 7) is 1.97. The van der Waals surface area contributed by atoms with Crippen molar-refractivity contribution in [3.05, 3.63) is 63.9 Å². The van der Waals surface area contributed by atoms with Crippen LogP contribution in [0.3, 0.4) is 0 Å². The van der Waals surface area contributed by atoms with Gasteiger partial charge in [0.1, 0.15) is 11.8 Å². The average Bonchev–Trinajstić information content (AvgIpc) is 3.26. The number of benzene rings is 2. The zero-order chi connectivity index (χ0) is 24.7. The van der Waals surface area contributed by atoms with Gasteiger partial charge in [-0.3, -0.25) is 9.59 Å². The molecule has 0 fully saturated rings. The average molecular weight is 524 g/mol. The maximum absolute atomic E-state index is 12.6. The Labute approximate surface area is 210 Å². The molecule has 0 aliphatic carbocycles. The molecular weight excluding hydrogens is 501 g/mol. The van der Waals surface area contributed by atoms with Crippen molar-refractivity contribution in [2.45, 2.75) is 24.7 Å². The van der Waals surface area contributed by atoms with Crippen LogP contribution >= 0.6 is 35.0 Å². The zero-order valence-electron chi connectivity index (χ0n) is 18.4. The van der Waals surface area contributed by atoms with Gasteiger partial charge in [0.15, 0.2) is 11.0 Å². The van der Waals surface area contributed by atoms with Gasteiger partial charge in [-0.05, 0) is 49.4 Å². The third-order valence-corrected chi connectivity index (χ3v) is 6.28. The van der Waals surface area contributed by atoms with E-state index in [9.17, 15) is 14.7 Å². The predicted molar refractivity (Wildman–Crippen MR) is 132 cm³/mol. The first-order valence-electron chi connectivity index (χ1n) is 10.2. The number of aliphatic hydroxyl groups excluding tert-OH is 1. The number of hydrogen-bond donors (Lipinski definition) is 3. The van der Waals surface area contributed by atoms with Gasteiger partial charge in [-0.15, -0.1) is 10.2 Å². The SMILES string of the molecule is CCn1c(SCC(=O)Nc2cc(Cl)ccc2Cl)nnc1[C@H](CO)NC(=O)c1ccc(OC)cc1. The molecular formula is C22H23Cl2N5O4S. The van der Waals surface area contributed by atoms with E-state index in [-0.39, 0.29) is 24.2 Å². The molecule has 180 valence electrons. The minimum absolute atomic E-state index is 0.0446. The highest BCUT2D eigenvalue weighted by molar-refractivity contribution is 7.99. The number of rotatable bonds is 10. The summed E-state index contributed by atoms with van der Waals surface area (Å²) in [5.74, 6) is 0.382. The van der Waals surface area contributed by atoms with Crippen LogP contribution < -0.4 is 15.4 Å². The van der Waals surface area contributed by atoms with Crippen molar-refractivity contribution in [1.29, 1.82) is 0 Å². The summed E-state index contributed by atoms with van der Waals surface area (Å²) in [6.07, 6.45) is 0. The van der Waals surface area contributed by atoms with Crippen LogP contribution in [0.15, 0.2) is 47.6 Å². The molecule has 0 bridgehead atoms. The molecule has 3 aromatic rings. The summed E-state index contributed by atoms with van der Waals surface area (Å²) >= 11 is 13.2. The smallest absolute Gasteiger partial charge is 0.251 e. The van der Waals surface area contributed by atoms with Crippen LogP contribution in [0.25, 0.3) is 0 Å². The summed E-state index contributed by atoms with van der Waals surface area (Å²) in [6, 6.07) is 10.6. The molecule has 2 aromatic carbocycles. The Morgan fingerprint density at radius 1 is 1.18 bits per heavy atom. The maximum Gasteiger partial charge on any atom is 0.251 e. The molecule has 0 saturated heterocycles. The molecule has 0 saturated carbocycles. The number of nitrogens with zero attached hydrogens (tertiary/aromatic N) is 3. The van der Waals surface area contributed by atoms with Gasteiger partial charge in [0, 0.05) is 17.1 Å². The third-order valence-electron chi connectivity index (χ3n) is 4.75. The van der Waals surface area contributed by atoms with Crippen LogP contribution in [0, 0.1) is 0 Å². The molecule has 0 aliphatic rings. The largest absolute Gasteiger partial charge is 0.497 e. The predicted octanol–water partition coefficient (Wildman–Crippen LogP) is 3.81. The molecule has 1 heterocycles. The van der Waals surface area contributed by atoms with Crippen LogP contribution in [0.5, 0.6) is 5.75 Å². The van der Waals surface area contributed by atoms with Crippen LogP contribution in [0.4, 0.5) is 5.69 Å². The molecule has 2 amide bonds. The Balaban J connectivity index is 1.67. The number of methoxy groups -OCH3 is 1. The fourth-order valence-electron chi connectivity index (χ4n) is 3.05. The number of amides is 2. The van der Waals surface area contributed by atoms with Crippen molar-refractivity contribution in [1.82, 2.24) is 20.1 Å². The van der Waals surface area contributed by atoms with E-state index in [0.29, 0.717) is 44.6 Å². The van der Waals surface area contributed by atoms with Gasteiger partial charge in [-0.2, -0.15) is 0 Å². The highest BCUT2D eigenvalue weighted by Crippen LogP contribution is 2.26. The Morgan fingerprint density at radius 2 is 1.91 bits per heavy atom. The monoisotopic (exact) mass is 523 g/mol. The van der Waals surface area contributed by atoms with E-state index in [4.69, 9.17) is 27.9 Å². The highest BCUT2D eigenvalue weighted by atomic mass is 35.5. The lowest BCUT2D eigenvalue weighted by Crippen LogP contribution is -2.32. The van der Waals surface area contributed by atoms with Crippen molar-refractivity contribution in [2.75, 3.05) is 24.8 Å². The van der Waals surface area contributed by atoms with Crippen LogP contribution in [-0.2, 0) is 11.3 Å². The number of carbonyl (C=O) groups excluding carboxylic acids is 2. The molecule has 34 heavy (non-hydrogen) atoms. The molecule has 0 aliphatic heterocycles. The fourth-order valence-corrected chi connectivity index (χ4v) is 4.19. The second-order valence-corrected chi connectivity index (χ2v) is 8.77. The number of hydrogen-bond acceptors (Lipinski definition) is 7. The van der Waals surface area contributed by atoms with E-state index in [1.165, 1.54) is 11.8 Å². The Kier molecular flexibility index (Phi) is 9.17. The molecule has 0 unspecified atom stereocenters. The second-order valence-electron chi connectivity index (χ2n) is 6.98. The first kappa shape index (κ1) is 25.8. The number of aliphatic hydroxyl groups is 1. The van der Waals surface area contributed by atoms with Crippen LogP contribution in [0.2, 0.25) is 10.0 Å². The minimum Gasteiger partial charge on any atom is -0.497 e. The zero-order valence-corrected chi connectivity index (χ0v) is 20.7. The Morgan fingerprint density at radius 3 is 2.56 bits per heavy atom. The molecule has 9 nitrogen and oxygen atoms in total. The molecule has 1 atom stereocenters. The first-order chi connectivity index (χ1) is 16.4. The van der Waals surface area contributed by atoms with E-state index in [1.54, 1.807) is 54.1 Å². The second kappa shape index (κ2) is 12.1. The summed E-state index contributed by atoms with van der Waals surface area (Å²) in [7, 11) is 1.54. The Hall–Kier alpha value is -2.79. The molecule has 0 radical (unpaired) electrons. The number of halogens is 2. The van der Waals surface area contributed by atoms with Gasteiger partial charge in [-0.1, -0.05) is 35.0 Å². The third kappa shape index (κ3) is 6.41. The molecule has 1 aromatic heterocycles. The van der Waals surface area contributed by atoms with E-state index in [1.807, 2.05) is 6.92 Å². The Bertz CT molecular complexity index is 1160. The van der Waals surface area contributed by atoms with E-state index in [2.05, 4.69) is 20.8 Å². The van der Waals surface area contributed by atoms with Crippen molar-refractivity contribution >= 4 is 52.5 Å². The molecule has 0 spiro atoms. The van der Waals surface area contributed by atoms with Gasteiger partial charge in [0.05, 0.1) is 30.2 Å². The molecule has 3 rings (SSSR count). The number of aromatic nitrogens is 3. The number of nitrogens with one attached hydrogen (secondary N) is 2. The van der Waals surface area contributed by atoms with Crippen molar-refractivity contribution in [3.8, 4) is 5.75 Å². The van der Waals surface area contributed by atoms with E-state index >= 15 is 0 Å². The van der Waals surface area contributed by atoms with Gasteiger partial charge in [-0.25, -0.2) is 0 Å². The number of ether oxygens (including phenoxy) is 1. The minimum atomic E-state index is -0.782. The fraction of sp³-hybridized carbons (Fsp3) is 0.273. The summed E-state index contributed by atoms with van der Waals surface area (Å²) in [5, 5.41) is 25.0. The normalized spacial score (nSPS) is 11.7.